The number of carbonyl (C=O) groups is 1. The molecule has 0 radical (unpaired) electrons. The van der Waals surface area contributed by atoms with Crippen LogP contribution in [0.15, 0.2) is 48.5 Å². The maximum Gasteiger partial charge on any atom is 0.320 e. The van der Waals surface area contributed by atoms with E-state index in [1.165, 1.54) is 6.07 Å². The first-order valence-corrected chi connectivity index (χ1v) is 14.3. The lowest BCUT2D eigenvalue weighted by Gasteiger charge is -2.35. The molecule has 3 aliphatic rings. The molecule has 8 heteroatoms. The molecule has 212 valence electrons. The molecule has 0 bridgehead atoms. The molecule has 0 unspecified atom stereocenters. The number of carboxylic acids is 1. The minimum Gasteiger partial charge on any atom is -0.480 e. The Morgan fingerprint density at radius 3 is 2.31 bits per heavy atom. The Morgan fingerprint density at radius 1 is 0.949 bits per heavy atom. The molecule has 3 atom stereocenters. The number of aliphatic carboxylic acids is 1. The van der Waals surface area contributed by atoms with Gasteiger partial charge in [-0.3, -0.25) is 9.69 Å². The quantitative estimate of drug-likeness (QED) is 0.326. The Balaban J connectivity index is 1.18. The van der Waals surface area contributed by atoms with Crippen molar-refractivity contribution in [2.45, 2.75) is 62.8 Å². The van der Waals surface area contributed by atoms with E-state index in [1.807, 2.05) is 6.07 Å². The average Bonchev–Trinajstić information content (AvgIpc) is 3.65. The fourth-order valence-corrected chi connectivity index (χ4v) is 6.55. The van der Waals surface area contributed by atoms with Crippen LogP contribution in [0.1, 0.15) is 62.0 Å². The van der Waals surface area contributed by atoms with Crippen LogP contribution in [0.3, 0.4) is 0 Å². The van der Waals surface area contributed by atoms with Crippen LogP contribution in [-0.4, -0.2) is 59.6 Å². The van der Waals surface area contributed by atoms with Crippen molar-refractivity contribution in [3.63, 3.8) is 0 Å². The number of rotatable bonds is 11. The standard InChI is InChI=1S/C31H38F4N2O2/c32-26-8-6-25(7-9-26)31(34,35)13-10-21-11-14-36(15-12-21)18-24-19-37(29(30(38)39)16-22-4-5-22)20-28(24)23-2-1-3-27(33)17-23/h1-3,6-9,17,21-22,24,28-29H,4-5,10-16,18-20H2,(H,38,39)/t24-,28+,29+/m0/s1. The highest BCUT2D eigenvalue weighted by Crippen LogP contribution is 2.40. The maximum absolute atomic E-state index is 14.7. The number of piperidine rings is 1. The molecule has 1 aliphatic carbocycles. The van der Waals surface area contributed by atoms with Gasteiger partial charge in [-0.1, -0.05) is 37.1 Å². The number of likely N-dealkylation sites (tertiary alicyclic amines) is 2. The summed E-state index contributed by atoms with van der Waals surface area (Å²) in [7, 11) is 0. The summed E-state index contributed by atoms with van der Waals surface area (Å²) in [6, 6.07) is 10.6. The lowest BCUT2D eigenvalue weighted by atomic mass is 9.86. The summed E-state index contributed by atoms with van der Waals surface area (Å²) in [5, 5.41) is 9.96. The lowest BCUT2D eigenvalue weighted by Crippen LogP contribution is -2.42. The summed E-state index contributed by atoms with van der Waals surface area (Å²) in [6.07, 6.45) is 4.70. The minimum atomic E-state index is -2.97. The van der Waals surface area contributed by atoms with Gasteiger partial charge in [-0.15, -0.1) is 0 Å². The minimum absolute atomic E-state index is 0.0499. The van der Waals surface area contributed by atoms with Crippen molar-refractivity contribution in [1.82, 2.24) is 9.80 Å². The molecular weight excluding hydrogens is 508 g/mol. The fraction of sp³-hybridized carbons (Fsp3) is 0.581. The molecule has 2 heterocycles. The summed E-state index contributed by atoms with van der Waals surface area (Å²) < 4.78 is 56.6. The molecule has 3 fully saturated rings. The van der Waals surface area contributed by atoms with Gasteiger partial charge >= 0.3 is 5.97 Å². The van der Waals surface area contributed by atoms with E-state index in [0.29, 0.717) is 31.8 Å². The van der Waals surface area contributed by atoms with Crippen LogP contribution in [-0.2, 0) is 10.7 Å². The van der Waals surface area contributed by atoms with Gasteiger partial charge in [0, 0.05) is 37.5 Å². The van der Waals surface area contributed by atoms with E-state index in [-0.39, 0.29) is 35.6 Å². The molecule has 0 aromatic heterocycles. The Hall–Kier alpha value is -2.45. The third-order valence-corrected chi connectivity index (χ3v) is 9.06. The third-order valence-electron chi connectivity index (χ3n) is 9.06. The van der Waals surface area contributed by atoms with E-state index < -0.39 is 23.8 Å². The van der Waals surface area contributed by atoms with E-state index in [2.05, 4.69) is 9.80 Å². The maximum atomic E-state index is 14.7. The van der Waals surface area contributed by atoms with Crippen LogP contribution in [0.25, 0.3) is 0 Å². The van der Waals surface area contributed by atoms with Gasteiger partial charge in [-0.2, -0.15) is 0 Å². The zero-order valence-corrected chi connectivity index (χ0v) is 22.3. The molecular formula is C31H38F4N2O2. The number of carboxylic acid groups (broad SMARTS) is 1. The zero-order chi connectivity index (χ0) is 27.6. The Labute approximate surface area is 228 Å². The molecule has 1 saturated carbocycles. The van der Waals surface area contributed by atoms with Gasteiger partial charge in [0.15, 0.2) is 0 Å². The average molecular weight is 547 g/mol. The van der Waals surface area contributed by atoms with Crippen LogP contribution >= 0.6 is 0 Å². The van der Waals surface area contributed by atoms with Crippen molar-refractivity contribution in [1.29, 1.82) is 0 Å². The van der Waals surface area contributed by atoms with Crippen molar-refractivity contribution in [3.05, 3.63) is 71.3 Å². The first kappa shape index (κ1) is 28.1. The highest BCUT2D eigenvalue weighted by atomic mass is 19.3. The SMILES string of the molecule is O=C(O)[C@@H](CC1CC1)N1C[C@H](CN2CCC(CCC(F)(F)c3ccc(F)cc3)CC2)[C@@H](c2cccc(F)c2)C1. The number of nitrogens with zero attached hydrogens (tertiary/aromatic N) is 2. The molecule has 2 aromatic carbocycles. The van der Waals surface area contributed by atoms with Gasteiger partial charge < -0.3 is 10.0 Å². The number of hydrogen-bond acceptors (Lipinski definition) is 3. The smallest absolute Gasteiger partial charge is 0.320 e. The van der Waals surface area contributed by atoms with Crippen LogP contribution in [0.2, 0.25) is 0 Å². The summed E-state index contributed by atoms with van der Waals surface area (Å²) in [4.78, 5) is 16.6. The molecule has 2 saturated heterocycles. The lowest BCUT2D eigenvalue weighted by molar-refractivity contribution is -0.143. The second-order valence-electron chi connectivity index (χ2n) is 11.9. The van der Waals surface area contributed by atoms with Crippen LogP contribution in [0.4, 0.5) is 17.6 Å². The fourth-order valence-electron chi connectivity index (χ4n) is 6.55. The number of benzene rings is 2. The summed E-state index contributed by atoms with van der Waals surface area (Å²) in [6.45, 7) is 3.67. The van der Waals surface area contributed by atoms with E-state index in [0.717, 1.165) is 75.1 Å². The Bertz CT molecular complexity index is 1120. The van der Waals surface area contributed by atoms with Crippen molar-refractivity contribution >= 4 is 5.97 Å². The molecule has 2 aliphatic heterocycles. The van der Waals surface area contributed by atoms with Crippen molar-refractivity contribution in [2.75, 3.05) is 32.7 Å². The summed E-state index contributed by atoms with van der Waals surface area (Å²) in [5.74, 6) is -3.63. The topological polar surface area (TPSA) is 43.8 Å². The Morgan fingerprint density at radius 2 is 1.67 bits per heavy atom. The van der Waals surface area contributed by atoms with Crippen molar-refractivity contribution in [2.24, 2.45) is 17.8 Å². The second-order valence-corrected chi connectivity index (χ2v) is 11.9. The van der Waals surface area contributed by atoms with Crippen molar-refractivity contribution < 1.29 is 27.5 Å². The number of halogens is 4. The first-order valence-electron chi connectivity index (χ1n) is 14.3. The summed E-state index contributed by atoms with van der Waals surface area (Å²) >= 11 is 0. The van der Waals surface area contributed by atoms with Gasteiger partial charge in [-0.05, 0) is 86.4 Å². The van der Waals surface area contributed by atoms with E-state index >= 15 is 0 Å². The molecule has 5 rings (SSSR count). The zero-order valence-electron chi connectivity index (χ0n) is 22.3. The van der Waals surface area contributed by atoms with Crippen LogP contribution in [0, 0.1) is 29.4 Å². The predicted molar refractivity (Wildman–Crippen MR) is 142 cm³/mol. The molecule has 0 amide bonds. The van der Waals surface area contributed by atoms with Gasteiger partial charge in [-0.25, -0.2) is 17.6 Å². The van der Waals surface area contributed by atoms with E-state index in [4.69, 9.17) is 0 Å². The highest BCUT2D eigenvalue weighted by molar-refractivity contribution is 5.73. The van der Waals surface area contributed by atoms with Crippen LogP contribution in [0.5, 0.6) is 0 Å². The van der Waals surface area contributed by atoms with Gasteiger partial charge in [0.1, 0.15) is 17.7 Å². The third kappa shape index (κ3) is 7.20. The molecule has 2 aromatic rings. The van der Waals surface area contributed by atoms with Gasteiger partial charge in [0.25, 0.3) is 5.92 Å². The second kappa shape index (κ2) is 12.0. The highest BCUT2D eigenvalue weighted by Gasteiger charge is 2.42. The Kier molecular flexibility index (Phi) is 8.62. The molecule has 0 spiro atoms. The van der Waals surface area contributed by atoms with Gasteiger partial charge in [0.2, 0.25) is 0 Å². The van der Waals surface area contributed by atoms with Crippen LogP contribution < -0.4 is 0 Å². The largest absolute Gasteiger partial charge is 0.480 e. The molecule has 39 heavy (non-hydrogen) atoms. The number of alkyl halides is 2. The number of hydrogen-bond donors (Lipinski definition) is 1. The van der Waals surface area contributed by atoms with Crippen molar-refractivity contribution in [3.8, 4) is 0 Å². The normalized spacial score (nSPS) is 24.2. The first-order chi connectivity index (χ1) is 18.7. The van der Waals surface area contributed by atoms with E-state index in [1.54, 1.807) is 12.1 Å². The molecule has 1 N–H and O–H groups in total. The van der Waals surface area contributed by atoms with Gasteiger partial charge in [0.05, 0.1) is 0 Å². The summed E-state index contributed by atoms with van der Waals surface area (Å²) in [5.41, 5.74) is 0.771. The van der Waals surface area contributed by atoms with E-state index in [9.17, 15) is 27.5 Å². The monoisotopic (exact) mass is 546 g/mol. The molecule has 4 nitrogen and oxygen atoms in total. The predicted octanol–water partition coefficient (Wildman–Crippen LogP) is 6.52.